The van der Waals surface area contributed by atoms with Gasteiger partial charge in [0.25, 0.3) is 0 Å². The van der Waals surface area contributed by atoms with Crippen LogP contribution in [0.25, 0.3) is 21.8 Å². The molecule has 0 unspecified atom stereocenters. The minimum atomic E-state index is -0.508. The molecule has 3 rings (SSSR count). The number of rotatable bonds is 2. The van der Waals surface area contributed by atoms with E-state index in [-0.39, 0.29) is 0 Å². The van der Waals surface area contributed by atoms with Gasteiger partial charge >= 0.3 is 6.09 Å². The standard InChI is InChI=1S/C19H22N2O2/c1-5-21-16-9-7-6-8-14(16)15-12-13(10-11-17(15)21)20-18(22)23-19(2,3)4/h6-12H,5H2,1-4H3,(H,20,22). The van der Waals surface area contributed by atoms with Crippen molar-refractivity contribution in [3.63, 3.8) is 0 Å². The fourth-order valence-electron chi connectivity index (χ4n) is 2.89. The number of carbonyl (C=O) groups excluding carboxylic acids is 1. The first-order valence-corrected chi connectivity index (χ1v) is 7.90. The second kappa shape index (κ2) is 5.61. The van der Waals surface area contributed by atoms with Crippen LogP contribution in [0.4, 0.5) is 10.5 Å². The van der Waals surface area contributed by atoms with Gasteiger partial charge < -0.3 is 9.30 Å². The Kier molecular flexibility index (Phi) is 3.76. The number of aryl methyl sites for hydroxylation is 1. The maximum absolute atomic E-state index is 12.0. The Hall–Kier alpha value is -2.49. The van der Waals surface area contributed by atoms with Gasteiger partial charge in [-0.2, -0.15) is 0 Å². The molecule has 23 heavy (non-hydrogen) atoms. The Morgan fingerprint density at radius 2 is 1.78 bits per heavy atom. The number of aromatic nitrogens is 1. The van der Waals surface area contributed by atoms with Crippen LogP contribution in [-0.2, 0) is 11.3 Å². The number of nitrogens with one attached hydrogen (secondary N) is 1. The summed E-state index contributed by atoms with van der Waals surface area (Å²) in [6.07, 6.45) is -0.434. The van der Waals surface area contributed by atoms with Crippen LogP contribution in [0.5, 0.6) is 0 Å². The normalized spacial score (nSPS) is 11.8. The first-order chi connectivity index (χ1) is 10.9. The number of carbonyl (C=O) groups is 1. The van der Waals surface area contributed by atoms with E-state index in [1.807, 2.05) is 51.1 Å². The summed E-state index contributed by atoms with van der Waals surface area (Å²) in [5.41, 5.74) is 2.61. The van der Waals surface area contributed by atoms with Crippen LogP contribution in [0.1, 0.15) is 27.7 Å². The van der Waals surface area contributed by atoms with Gasteiger partial charge in [0.05, 0.1) is 0 Å². The molecule has 4 nitrogen and oxygen atoms in total. The number of fused-ring (bicyclic) bond motifs is 3. The Bertz CT molecular complexity index is 872. The molecule has 0 bridgehead atoms. The molecule has 1 amide bonds. The van der Waals surface area contributed by atoms with Crippen LogP contribution in [0, 0.1) is 0 Å². The van der Waals surface area contributed by atoms with E-state index in [4.69, 9.17) is 4.74 Å². The van der Waals surface area contributed by atoms with E-state index in [1.165, 1.54) is 16.4 Å². The molecule has 0 atom stereocenters. The molecule has 2 aromatic carbocycles. The number of hydrogen-bond acceptors (Lipinski definition) is 2. The topological polar surface area (TPSA) is 43.3 Å². The largest absolute Gasteiger partial charge is 0.444 e. The van der Waals surface area contributed by atoms with Gasteiger partial charge in [-0.05, 0) is 52.0 Å². The van der Waals surface area contributed by atoms with Crippen molar-refractivity contribution in [1.29, 1.82) is 0 Å². The van der Waals surface area contributed by atoms with E-state index in [2.05, 4.69) is 28.9 Å². The van der Waals surface area contributed by atoms with Gasteiger partial charge in [-0.15, -0.1) is 0 Å². The molecule has 1 heterocycles. The molecule has 0 spiro atoms. The molecule has 0 aliphatic carbocycles. The predicted molar refractivity (Wildman–Crippen MR) is 95.0 cm³/mol. The van der Waals surface area contributed by atoms with Gasteiger partial charge in [0.2, 0.25) is 0 Å². The van der Waals surface area contributed by atoms with Crippen molar-refractivity contribution >= 4 is 33.6 Å². The van der Waals surface area contributed by atoms with Crippen molar-refractivity contribution in [2.24, 2.45) is 0 Å². The van der Waals surface area contributed by atoms with Crippen molar-refractivity contribution in [2.75, 3.05) is 5.32 Å². The molecule has 4 heteroatoms. The molecule has 1 N–H and O–H groups in total. The molecular weight excluding hydrogens is 288 g/mol. The van der Waals surface area contributed by atoms with E-state index in [1.54, 1.807) is 0 Å². The lowest BCUT2D eigenvalue weighted by Gasteiger charge is -2.19. The van der Waals surface area contributed by atoms with Crippen LogP contribution in [0.2, 0.25) is 0 Å². The second-order valence-electron chi connectivity index (χ2n) is 6.62. The average Bonchev–Trinajstić information content (AvgIpc) is 2.78. The van der Waals surface area contributed by atoms with Gasteiger partial charge in [-0.3, -0.25) is 5.32 Å². The summed E-state index contributed by atoms with van der Waals surface area (Å²) in [7, 11) is 0. The number of amides is 1. The minimum absolute atomic E-state index is 0.434. The highest BCUT2D eigenvalue weighted by Crippen LogP contribution is 2.31. The fraction of sp³-hybridized carbons (Fsp3) is 0.316. The summed E-state index contributed by atoms with van der Waals surface area (Å²) in [6, 6.07) is 14.3. The van der Waals surface area contributed by atoms with Crippen molar-refractivity contribution in [3.05, 3.63) is 42.5 Å². The molecular formula is C19H22N2O2. The summed E-state index contributed by atoms with van der Waals surface area (Å²) >= 11 is 0. The van der Waals surface area contributed by atoms with E-state index < -0.39 is 11.7 Å². The maximum Gasteiger partial charge on any atom is 0.412 e. The number of hydrogen-bond donors (Lipinski definition) is 1. The van der Waals surface area contributed by atoms with Crippen molar-refractivity contribution in [2.45, 2.75) is 39.8 Å². The molecule has 0 aliphatic rings. The SMILES string of the molecule is CCn1c2ccccc2c2cc(NC(=O)OC(C)(C)C)ccc21. The summed E-state index contributed by atoms with van der Waals surface area (Å²) in [5, 5.41) is 5.14. The number of para-hydroxylation sites is 1. The molecule has 120 valence electrons. The fourth-order valence-corrected chi connectivity index (χ4v) is 2.89. The zero-order valence-electron chi connectivity index (χ0n) is 14.0. The Morgan fingerprint density at radius 1 is 1.09 bits per heavy atom. The van der Waals surface area contributed by atoms with Gasteiger partial charge in [0, 0.05) is 34.0 Å². The summed E-state index contributed by atoms with van der Waals surface area (Å²) in [4.78, 5) is 12.0. The summed E-state index contributed by atoms with van der Waals surface area (Å²) < 4.78 is 7.59. The minimum Gasteiger partial charge on any atom is -0.444 e. The first-order valence-electron chi connectivity index (χ1n) is 7.90. The van der Waals surface area contributed by atoms with Crippen LogP contribution in [-0.4, -0.2) is 16.3 Å². The van der Waals surface area contributed by atoms with Gasteiger partial charge in [-0.25, -0.2) is 4.79 Å². The molecule has 1 aromatic heterocycles. The van der Waals surface area contributed by atoms with E-state index in [9.17, 15) is 4.79 Å². The molecule has 3 aromatic rings. The van der Waals surface area contributed by atoms with E-state index >= 15 is 0 Å². The van der Waals surface area contributed by atoms with Crippen LogP contribution >= 0.6 is 0 Å². The van der Waals surface area contributed by atoms with Crippen LogP contribution in [0.15, 0.2) is 42.5 Å². The number of anilines is 1. The Labute approximate surface area is 136 Å². The second-order valence-corrected chi connectivity index (χ2v) is 6.62. The number of benzene rings is 2. The van der Waals surface area contributed by atoms with Crippen molar-refractivity contribution in [1.82, 2.24) is 4.57 Å². The van der Waals surface area contributed by atoms with Gasteiger partial charge in [0.15, 0.2) is 0 Å². The Morgan fingerprint density at radius 3 is 2.48 bits per heavy atom. The number of ether oxygens (including phenoxy) is 1. The number of nitrogens with zero attached hydrogens (tertiary/aromatic N) is 1. The first kappa shape index (κ1) is 15.4. The molecule has 0 radical (unpaired) electrons. The van der Waals surface area contributed by atoms with Crippen molar-refractivity contribution in [3.8, 4) is 0 Å². The van der Waals surface area contributed by atoms with Crippen LogP contribution < -0.4 is 5.32 Å². The molecule has 0 saturated carbocycles. The Balaban J connectivity index is 2.02. The zero-order chi connectivity index (χ0) is 16.6. The lowest BCUT2D eigenvalue weighted by molar-refractivity contribution is 0.0636. The average molecular weight is 310 g/mol. The highest BCUT2D eigenvalue weighted by atomic mass is 16.6. The quantitative estimate of drug-likeness (QED) is 0.710. The summed E-state index contributed by atoms with van der Waals surface area (Å²) in [6.45, 7) is 8.60. The smallest absolute Gasteiger partial charge is 0.412 e. The van der Waals surface area contributed by atoms with Gasteiger partial charge in [0.1, 0.15) is 5.60 Å². The lowest BCUT2D eigenvalue weighted by atomic mass is 10.1. The predicted octanol–water partition coefficient (Wildman–Crippen LogP) is 5.16. The van der Waals surface area contributed by atoms with E-state index in [0.29, 0.717) is 0 Å². The molecule has 0 saturated heterocycles. The lowest BCUT2D eigenvalue weighted by Crippen LogP contribution is -2.27. The molecule has 0 aliphatic heterocycles. The highest BCUT2D eigenvalue weighted by molar-refractivity contribution is 6.09. The zero-order valence-corrected chi connectivity index (χ0v) is 14.0. The molecule has 0 fully saturated rings. The van der Waals surface area contributed by atoms with E-state index in [0.717, 1.165) is 17.6 Å². The van der Waals surface area contributed by atoms with Gasteiger partial charge in [-0.1, -0.05) is 18.2 Å². The highest BCUT2D eigenvalue weighted by Gasteiger charge is 2.17. The monoisotopic (exact) mass is 310 g/mol. The maximum atomic E-state index is 12.0. The third-order valence-corrected chi connectivity index (χ3v) is 3.73. The third kappa shape index (κ3) is 3.02. The third-order valence-electron chi connectivity index (χ3n) is 3.73. The van der Waals surface area contributed by atoms with Crippen molar-refractivity contribution < 1.29 is 9.53 Å². The summed E-state index contributed by atoms with van der Waals surface area (Å²) in [5.74, 6) is 0. The van der Waals surface area contributed by atoms with Crippen LogP contribution in [0.3, 0.4) is 0 Å².